The molecule has 0 saturated carbocycles. The molecule has 0 atom stereocenters. The van der Waals surface area contributed by atoms with Crippen LogP contribution in [0.15, 0.2) is 48.7 Å². The summed E-state index contributed by atoms with van der Waals surface area (Å²) in [7, 11) is 0. The molecule has 0 spiro atoms. The van der Waals surface area contributed by atoms with Crippen molar-refractivity contribution in [3.8, 4) is 0 Å². The number of rotatable bonds is 8. The van der Waals surface area contributed by atoms with Crippen LogP contribution < -0.4 is 5.32 Å². The number of benzene rings is 1. The van der Waals surface area contributed by atoms with E-state index in [2.05, 4.69) is 65.5 Å². The molecular weight excluding hydrogens is 232 g/mol. The normalized spacial score (nSPS) is 10.8. The molecule has 1 heterocycles. The van der Waals surface area contributed by atoms with Gasteiger partial charge in [-0.25, -0.2) is 0 Å². The Balaban J connectivity index is 1.72. The van der Waals surface area contributed by atoms with E-state index in [1.54, 1.807) is 0 Å². The summed E-state index contributed by atoms with van der Waals surface area (Å²) >= 11 is 0. The maximum atomic E-state index is 3.39. The lowest BCUT2D eigenvalue weighted by Crippen LogP contribution is -2.15. The van der Waals surface area contributed by atoms with Crippen LogP contribution in [0.3, 0.4) is 0 Å². The first-order valence-corrected chi connectivity index (χ1v) is 7.29. The molecule has 1 N–H and O–H groups in total. The van der Waals surface area contributed by atoms with Gasteiger partial charge in [0.25, 0.3) is 0 Å². The number of hydrogen-bond donors (Lipinski definition) is 1. The number of nitrogens with zero attached hydrogens (tertiary/aromatic N) is 1. The number of nitrogens with one attached hydrogen (secondary N) is 1. The monoisotopic (exact) mass is 256 g/mol. The molecule has 0 radical (unpaired) electrons. The van der Waals surface area contributed by atoms with Gasteiger partial charge < -0.3 is 9.88 Å². The Bertz CT molecular complexity index is 459. The molecule has 0 amide bonds. The van der Waals surface area contributed by atoms with Gasteiger partial charge in [0.15, 0.2) is 0 Å². The number of aromatic nitrogens is 1. The third kappa shape index (κ3) is 4.56. The second-order valence-corrected chi connectivity index (χ2v) is 4.92. The summed E-state index contributed by atoms with van der Waals surface area (Å²) in [6.45, 7) is 5.27. The van der Waals surface area contributed by atoms with Crippen molar-refractivity contribution >= 4 is 0 Å². The standard InChI is InChI=1S/C17H24N2/c1-2-18-15-17-12-8-14-19(17)13-7-6-11-16-9-4-3-5-10-16/h3-5,8-10,12,14,18H,2,6-7,11,13,15H2,1H3. The zero-order chi connectivity index (χ0) is 13.3. The van der Waals surface area contributed by atoms with E-state index >= 15 is 0 Å². The second kappa shape index (κ2) is 7.80. The van der Waals surface area contributed by atoms with E-state index < -0.39 is 0 Å². The van der Waals surface area contributed by atoms with Gasteiger partial charge in [0.2, 0.25) is 0 Å². The first-order valence-electron chi connectivity index (χ1n) is 7.29. The molecule has 0 saturated heterocycles. The van der Waals surface area contributed by atoms with Crippen molar-refractivity contribution in [2.24, 2.45) is 0 Å². The predicted molar refractivity (Wildman–Crippen MR) is 81.2 cm³/mol. The van der Waals surface area contributed by atoms with Crippen molar-refractivity contribution in [3.05, 3.63) is 59.9 Å². The zero-order valence-corrected chi connectivity index (χ0v) is 11.8. The van der Waals surface area contributed by atoms with Gasteiger partial charge in [0.1, 0.15) is 0 Å². The molecule has 0 fully saturated rings. The lowest BCUT2D eigenvalue weighted by Gasteiger charge is -2.09. The molecule has 1 aromatic carbocycles. The number of aryl methyl sites for hydroxylation is 2. The first-order chi connectivity index (χ1) is 9.40. The molecule has 19 heavy (non-hydrogen) atoms. The van der Waals surface area contributed by atoms with Crippen LogP contribution in [0.2, 0.25) is 0 Å². The van der Waals surface area contributed by atoms with Gasteiger partial charge in [-0.05, 0) is 43.5 Å². The quantitative estimate of drug-likeness (QED) is 0.714. The minimum Gasteiger partial charge on any atom is -0.350 e. The van der Waals surface area contributed by atoms with Gasteiger partial charge in [-0.3, -0.25) is 0 Å². The second-order valence-electron chi connectivity index (χ2n) is 4.92. The molecule has 2 rings (SSSR count). The molecule has 1 aromatic heterocycles. The smallest absolute Gasteiger partial charge is 0.0359 e. The van der Waals surface area contributed by atoms with Gasteiger partial charge >= 0.3 is 0 Å². The van der Waals surface area contributed by atoms with Crippen LogP contribution >= 0.6 is 0 Å². The van der Waals surface area contributed by atoms with Crippen molar-refractivity contribution in [1.29, 1.82) is 0 Å². The highest BCUT2D eigenvalue weighted by Crippen LogP contribution is 2.08. The highest BCUT2D eigenvalue weighted by atomic mass is 15.0. The molecule has 102 valence electrons. The third-order valence-corrected chi connectivity index (χ3v) is 3.44. The lowest BCUT2D eigenvalue weighted by molar-refractivity contribution is 0.574. The van der Waals surface area contributed by atoms with Crippen molar-refractivity contribution in [2.45, 2.75) is 39.3 Å². The molecule has 0 aliphatic heterocycles. The van der Waals surface area contributed by atoms with Gasteiger partial charge in [0, 0.05) is 25.0 Å². The molecular formula is C17H24N2. The fourth-order valence-corrected chi connectivity index (χ4v) is 2.34. The number of hydrogen-bond acceptors (Lipinski definition) is 1. The fourth-order valence-electron chi connectivity index (χ4n) is 2.34. The maximum Gasteiger partial charge on any atom is 0.0359 e. The molecule has 0 bridgehead atoms. The zero-order valence-electron chi connectivity index (χ0n) is 11.8. The molecule has 2 nitrogen and oxygen atoms in total. The number of unbranched alkanes of at least 4 members (excludes halogenated alkanes) is 1. The lowest BCUT2D eigenvalue weighted by atomic mass is 10.1. The summed E-state index contributed by atoms with van der Waals surface area (Å²) in [5.74, 6) is 0. The average molecular weight is 256 g/mol. The van der Waals surface area contributed by atoms with Crippen molar-refractivity contribution < 1.29 is 0 Å². The minimum atomic E-state index is 0.974. The molecule has 2 aromatic rings. The Morgan fingerprint density at radius 2 is 1.84 bits per heavy atom. The predicted octanol–water partition coefficient (Wildman–Crippen LogP) is 3.62. The summed E-state index contributed by atoms with van der Waals surface area (Å²) in [5.41, 5.74) is 2.84. The highest BCUT2D eigenvalue weighted by molar-refractivity contribution is 5.14. The topological polar surface area (TPSA) is 17.0 Å². The van der Waals surface area contributed by atoms with Gasteiger partial charge in [-0.1, -0.05) is 37.3 Å². The Hall–Kier alpha value is -1.54. The van der Waals surface area contributed by atoms with Gasteiger partial charge in [-0.15, -0.1) is 0 Å². The summed E-state index contributed by atoms with van der Waals surface area (Å²) in [6.07, 6.45) is 5.87. The molecule has 0 aliphatic carbocycles. The Morgan fingerprint density at radius 1 is 1.00 bits per heavy atom. The van der Waals surface area contributed by atoms with Crippen LogP contribution in [0.1, 0.15) is 31.0 Å². The summed E-state index contributed by atoms with van der Waals surface area (Å²) in [6, 6.07) is 15.1. The van der Waals surface area contributed by atoms with Crippen LogP contribution in [0.25, 0.3) is 0 Å². The Labute approximate surface area is 116 Å². The van der Waals surface area contributed by atoms with Crippen LogP contribution in [-0.4, -0.2) is 11.1 Å². The fraction of sp³-hybridized carbons (Fsp3) is 0.412. The van der Waals surface area contributed by atoms with Crippen LogP contribution in [0, 0.1) is 0 Å². The SMILES string of the molecule is CCNCc1cccn1CCCCc1ccccc1. The first kappa shape index (κ1) is 13.9. The van der Waals surface area contributed by atoms with Crippen molar-refractivity contribution in [1.82, 2.24) is 9.88 Å². The molecule has 0 unspecified atom stereocenters. The van der Waals surface area contributed by atoms with Gasteiger partial charge in [-0.2, -0.15) is 0 Å². The Kier molecular flexibility index (Phi) is 5.70. The van der Waals surface area contributed by atoms with Crippen molar-refractivity contribution in [3.63, 3.8) is 0 Å². The summed E-state index contributed by atoms with van der Waals surface area (Å²) < 4.78 is 2.37. The minimum absolute atomic E-state index is 0.974. The molecule has 0 aliphatic rings. The Morgan fingerprint density at radius 3 is 2.63 bits per heavy atom. The van der Waals surface area contributed by atoms with Crippen LogP contribution in [0.5, 0.6) is 0 Å². The summed E-state index contributed by atoms with van der Waals surface area (Å²) in [5, 5.41) is 3.39. The summed E-state index contributed by atoms with van der Waals surface area (Å²) in [4.78, 5) is 0. The van der Waals surface area contributed by atoms with E-state index in [0.29, 0.717) is 0 Å². The van der Waals surface area contributed by atoms with Crippen molar-refractivity contribution in [2.75, 3.05) is 6.54 Å². The van der Waals surface area contributed by atoms with Crippen LogP contribution in [0.4, 0.5) is 0 Å². The van der Waals surface area contributed by atoms with Gasteiger partial charge in [0.05, 0.1) is 0 Å². The highest BCUT2D eigenvalue weighted by Gasteiger charge is 2.00. The van der Waals surface area contributed by atoms with E-state index in [1.807, 2.05) is 0 Å². The van der Waals surface area contributed by atoms with Crippen LogP contribution in [-0.2, 0) is 19.5 Å². The van der Waals surface area contributed by atoms with E-state index in [0.717, 1.165) is 19.6 Å². The van der Waals surface area contributed by atoms with E-state index in [-0.39, 0.29) is 0 Å². The molecule has 2 heteroatoms. The van der Waals surface area contributed by atoms with E-state index in [9.17, 15) is 0 Å². The maximum absolute atomic E-state index is 3.39. The largest absolute Gasteiger partial charge is 0.350 e. The van der Waals surface area contributed by atoms with E-state index in [4.69, 9.17) is 0 Å². The van der Waals surface area contributed by atoms with E-state index in [1.165, 1.54) is 30.5 Å². The average Bonchev–Trinajstić information content (AvgIpc) is 2.90. The third-order valence-electron chi connectivity index (χ3n) is 3.44.